The number of ether oxygens (including phenoxy) is 1. The normalized spacial score (nSPS) is 23.6. The molecule has 0 aromatic carbocycles. The van der Waals surface area contributed by atoms with E-state index >= 15 is 0 Å². The monoisotopic (exact) mass is 348 g/mol. The second-order valence-corrected chi connectivity index (χ2v) is 7.50. The fraction of sp³-hybridized carbons (Fsp3) is 0.647. The summed E-state index contributed by atoms with van der Waals surface area (Å²) in [5, 5.41) is 6.13. The average Bonchev–Trinajstić information content (AvgIpc) is 3.31. The Bertz CT molecular complexity index is 624. The molecule has 2 aromatic heterocycles. The van der Waals surface area contributed by atoms with E-state index in [2.05, 4.69) is 19.9 Å². The van der Waals surface area contributed by atoms with Crippen molar-refractivity contribution in [3.63, 3.8) is 0 Å². The summed E-state index contributed by atoms with van der Waals surface area (Å²) >= 11 is 1.64. The first-order valence-electron chi connectivity index (χ1n) is 8.79. The predicted molar refractivity (Wildman–Crippen MR) is 92.9 cm³/mol. The summed E-state index contributed by atoms with van der Waals surface area (Å²) in [6.07, 6.45) is 4.06. The summed E-state index contributed by atoms with van der Waals surface area (Å²) in [5.41, 5.74) is 0. The standard InChI is InChI=1S/C17H24N4O2S/c1-4-14(22-10-1)12-20-6-3-7-21(9-8-20)13-16-18-17(19-23-16)15-5-2-11-24-15/h2,5,11,14H,1,3-4,6-10,12-13H2. The lowest BCUT2D eigenvalue weighted by atomic mass is 10.2. The number of aromatic nitrogens is 2. The molecule has 130 valence electrons. The van der Waals surface area contributed by atoms with Gasteiger partial charge in [0.25, 0.3) is 0 Å². The molecule has 0 radical (unpaired) electrons. The Morgan fingerprint density at radius 1 is 1.17 bits per heavy atom. The molecule has 0 saturated carbocycles. The maximum atomic E-state index is 5.77. The lowest BCUT2D eigenvalue weighted by Gasteiger charge is -2.23. The minimum Gasteiger partial charge on any atom is -0.377 e. The zero-order valence-corrected chi connectivity index (χ0v) is 14.7. The number of rotatable bonds is 5. The van der Waals surface area contributed by atoms with Gasteiger partial charge in [-0.15, -0.1) is 11.3 Å². The molecule has 0 aliphatic carbocycles. The molecule has 7 heteroatoms. The molecule has 1 unspecified atom stereocenters. The van der Waals surface area contributed by atoms with E-state index in [1.54, 1.807) is 11.3 Å². The van der Waals surface area contributed by atoms with Crippen molar-refractivity contribution >= 4 is 11.3 Å². The summed E-state index contributed by atoms with van der Waals surface area (Å²) in [6, 6.07) is 4.03. The molecular weight excluding hydrogens is 324 g/mol. The summed E-state index contributed by atoms with van der Waals surface area (Å²) in [5.74, 6) is 1.42. The van der Waals surface area contributed by atoms with E-state index < -0.39 is 0 Å². The van der Waals surface area contributed by atoms with Crippen LogP contribution in [-0.2, 0) is 11.3 Å². The van der Waals surface area contributed by atoms with Crippen molar-refractivity contribution in [2.24, 2.45) is 0 Å². The van der Waals surface area contributed by atoms with Crippen LogP contribution in [0.3, 0.4) is 0 Å². The molecule has 2 aliphatic heterocycles. The van der Waals surface area contributed by atoms with Crippen LogP contribution in [0.5, 0.6) is 0 Å². The molecular formula is C17H24N4O2S. The molecule has 1 atom stereocenters. The molecule has 4 rings (SSSR count). The summed E-state index contributed by atoms with van der Waals surface area (Å²) < 4.78 is 11.2. The van der Waals surface area contributed by atoms with Crippen molar-refractivity contribution in [3.8, 4) is 10.7 Å². The van der Waals surface area contributed by atoms with Crippen molar-refractivity contribution in [1.29, 1.82) is 0 Å². The van der Waals surface area contributed by atoms with Crippen LogP contribution in [0.25, 0.3) is 10.7 Å². The van der Waals surface area contributed by atoms with E-state index in [-0.39, 0.29) is 0 Å². The molecule has 0 bridgehead atoms. The van der Waals surface area contributed by atoms with Gasteiger partial charge in [-0.05, 0) is 43.8 Å². The third-order valence-corrected chi connectivity index (χ3v) is 5.60. The van der Waals surface area contributed by atoms with Crippen molar-refractivity contribution in [1.82, 2.24) is 19.9 Å². The first kappa shape index (κ1) is 16.2. The van der Waals surface area contributed by atoms with E-state index in [0.29, 0.717) is 17.8 Å². The van der Waals surface area contributed by atoms with Gasteiger partial charge in [0.15, 0.2) is 0 Å². The quantitative estimate of drug-likeness (QED) is 0.827. The Morgan fingerprint density at radius 2 is 2.08 bits per heavy atom. The van der Waals surface area contributed by atoms with Crippen LogP contribution in [0.1, 0.15) is 25.2 Å². The van der Waals surface area contributed by atoms with E-state index in [1.165, 1.54) is 19.3 Å². The van der Waals surface area contributed by atoms with Crippen molar-refractivity contribution in [2.75, 3.05) is 39.3 Å². The van der Waals surface area contributed by atoms with Crippen LogP contribution in [0.15, 0.2) is 22.0 Å². The van der Waals surface area contributed by atoms with Gasteiger partial charge in [0.1, 0.15) is 0 Å². The Morgan fingerprint density at radius 3 is 2.92 bits per heavy atom. The third kappa shape index (κ3) is 4.03. The average molecular weight is 348 g/mol. The largest absolute Gasteiger partial charge is 0.377 e. The molecule has 2 saturated heterocycles. The SMILES string of the molecule is c1csc(-c2noc(CN3CCCN(CC4CCCO4)CC3)n2)c1. The van der Waals surface area contributed by atoms with Crippen molar-refractivity contribution in [2.45, 2.75) is 31.9 Å². The van der Waals surface area contributed by atoms with Gasteiger partial charge in [-0.1, -0.05) is 11.2 Å². The van der Waals surface area contributed by atoms with Gasteiger partial charge < -0.3 is 9.26 Å². The summed E-state index contributed by atoms with van der Waals surface area (Å²) in [7, 11) is 0. The second-order valence-electron chi connectivity index (χ2n) is 6.55. The van der Waals surface area contributed by atoms with E-state index in [0.717, 1.165) is 50.8 Å². The lowest BCUT2D eigenvalue weighted by molar-refractivity contribution is 0.0741. The van der Waals surface area contributed by atoms with E-state index in [9.17, 15) is 0 Å². The highest BCUT2D eigenvalue weighted by Crippen LogP contribution is 2.22. The molecule has 0 spiro atoms. The summed E-state index contributed by atoms with van der Waals surface area (Å²) in [4.78, 5) is 10.6. The smallest absolute Gasteiger partial charge is 0.241 e. The van der Waals surface area contributed by atoms with Gasteiger partial charge in [-0.25, -0.2) is 0 Å². The minimum absolute atomic E-state index is 0.445. The predicted octanol–water partition coefficient (Wildman–Crippen LogP) is 2.48. The minimum atomic E-state index is 0.445. The molecule has 0 amide bonds. The zero-order chi connectivity index (χ0) is 16.2. The number of nitrogens with zero attached hydrogens (tertiary/aromatic N) is 4. The Kier molecular flexibility index (Phi) is 5.22. The maximum Gasteiger partial charge on any atom is 0.241 e. The Labute approximate surface area is 146 Å². The molecule has 2 aliphatic rings. The first-order valence-corrected chi connectivity index (χ1v) is 9.67. The highest BCUT2D eigenvalue weighted by molar-refractivity contribution is 7.13. The lowest BCUT2D eigenvalue weighted by Crippen LogP contribution is -2.35. The Balaban J connectivity index is 1.29. The van der Waals surface area contributed by atoms with Gasteiger partial charge in [0, 0.05) is 26.2 Å². The molecule has 0 N–H and O–H groups in total. The molecule has 24 heavy (non-hydrogen) atoms. The van der Waals surface area contributed by atoms with E-state index in [4.69, 9.17) is 9.26 Å². The van der Waals surface area contributed by atoms with Crippen LogP contribution >= 0.6 is 11.3 Å². The van der Waals surface area contributed by atoms with Crippen molar-refractivity contribution < 1.29 is 9.26 Å². The number of hydrogen-bond acceptors (Lipinski definition) is 7. The van der Waals surface area contributed by atoms with E-state index in [1.807, 2.05) is 17.5 Å². The molecule has 6 nitrogen and oxygen atoms in total. The van der Waals surface area contributed by atoms with Gasteiger partial charge in [-0.3, -0.25) is 9.80 Å². The van der Waals surface area contributed by atoms with Gasteiger partial charge in [0.05, 0.1) is 17.5 Å². The first-order chi connectivity index (χ1) is 11.9. The van der Waals surface area contributed by atoms with Crippen molar-refractivity contribution in [3.05, 3.63) is 23.4 Å². The second kappa shape index (κ2) is 7.74. The highest BCUT2D eigenvalue weighted by Gasteiger charge is 2.22. The summed E-state index contributed by atoms with van der Waals surface area (Å²) in [6.45, 7) is 7.13. The van der Waals surface area contributed by atoms with Gasteiger partial charge in [0.2, 0.25) is 11.7 Å². The zero-order valence-electron chi connectivity index (χ0n) is 13.9. The maximum absolute atomic E-state index is 5.77. The molecule has 2 fully saturated rings. The van der Waals surface area contributed by atoms with Crippen LogP contribution in [0.2, 0.25) is 0 Å². The molecule has 2 aromatic rings. The van der Waals surface area contributed by atoms with Crippen LogP contribution < -0.4 is 0 Å². The topological polar surface area (TPSA) is 54.6 Å². The van der Waals surface area contributed by atoms with Gasteiger partial charge in [-0.2, -0.15) is 4.98 Å². The van der Waals surface area contributed by atoms with Crippen LogP contribution in [0, 0.1) is 0 Å². The highest BCUT2D eigenvalue weighted by atomic mass is 32.1. The van der Waals surface area contributed by atoms with Gasteiger partial charge >= 0.3 is 0 Å². The number of hydrogen-bond donors (Lipinski definition) is 0. The number of thiophene rings is 1. The van der Waals surface area contributed by atoms with Crippen LogP contribution in [0.4, 0.5) is 0 Å². The Hall–Kier alpha value is -1.28. The third-order valence-electron chi connectivity index (χ3n) is 4.74. The fourth-order valence-electron chi connectivity index (χ4n) is 3.46. The van der Waals surface area contributed by atoms with Crippen LogP contribution in [-0.4, -0.2) is 65.4 Å². The molecule has 4 heterocycles. The fourth-order valence-corrected chi connectivity index (χ4v) is 4.11.